The van der Waals surface area contributed by atoms with E-state index in [1.54, 1.807) is 0 Å². The maximum absolute atomic E-state index is 3.79. The van der Waals surface area contributed by atoms with Crippen LogP contribution in [0.2, 0.25) is 0 Å². The average Bonchev–Trinajstić information content (AvgIpc) is 3.03. The smallest absolute Gasteiger partial charge is 0.0207 e. The topological polar surface area (TPSA) is 15.3 Å². The van der Waals surface area contributed by atoms with E-state index in [9.17, 15) is 0 Å². The molecule has 1 atom stereocenters. The molecule has 1 aliphatic heterocycles. The van der Waals surface area contributed by atoms with E-state index in [4.69, 9.17) is 0 Å². The highest BCUT2D eigenvalue weighted by atomic mass is 15.2. The predicted molar refractivity (Wildman–Crippen MR) is 58.3 cm³/mol. The van der Waals surface area contributed by atoms with Crippen molar-refractivity contribution in [1.82, 2.24) is 10.2 Å². The molecule has 2 heteroatoms. The van der Waals surface area contributed by atoms with Gasteiger partial charge >= 0.3 is 0 Å². The molecule has 80 valence electrons. The zero-order chi connectivity index (χ0) is 9.60. The molecule has 14 heavy (non-hydrogen) atoms. The molecule has 0 bridgehead atoms. The van der Waals surface area contributed by atoms with Crippen molar-refractivity contribution in [1.29, 1.82) is 0 Å². The summed E-state index contributed by atoms with van der Waals surface area (Å²) in [6, 6.07) is 0.788. The lowest BCUT2D eigenvalue weighted by molar-refractivity contribution is 0.357. The predicted octanol–water partition coefficient (Wildman–Crippen LogP) is 1.47. The molecule has 1 heterocycles. The van der Waals surface area contributed by atoms with E-state index in [1.165, 1.54) is 51.7 Å². The summed E-state index contributed by atoms with van der Waals surface area (Å²) in [6.07, 6.45) is 7.41. The van der Waals surface area contributed by atoms with E-state index in [0.29, 0.717) is 0 Å². The second-order valence-corrected chi connectivity index (χ2v) is 5.77. The largest absolute Gasteiger partial charge is 0.312 e. The van der Waals surface area contributed by atoms with Crippen LogP contribution in [0.25, 0.3) is 0 Å². The molecule has 2 nitrogen and oxygen atoms in total. The number of likely N-dealkylation sites (N-methyl/N-ethyl adjacent to an activating group) is 1. The van der Waals surface area contributed by atoms with Crippen molar-refractivity contribution in [2.45, 2.75) is 38.1 Å². The van der Waals surface area contributed by atoms with Crippen molar-refractivity contribution in [3.05, 3.63) is 0 Å². The fraction of sp³-hybridized carbons (Fsp3) is 1.00. The lowest BCUT2D eigenvalue weighted by Gasteiger charge is -2.19. The van der Waals surface area contributed by atoms with Crippen LogP contribution in [-0.2, 0) is 0 Å². The van der Waals surface area contributed by atoms with Gasteiger partial charge in [-0.15, -0.1) is 0 Å². The molecule has 1 saturated heterocycles. The van der Waals surface area contributed by atoms with Crippen molar-refractivity contribution >= 4 is 0 Å². The summed E-state index contributed by atoms with van der Waals surface area (Å²) in [6.45, 7) is 3.87. The normalized spacial score (nSPS) is 36.2. The van der Waals surface area contributed by atoms with Crippen molar-refractivity contribution in [2.75, 3.05) is 26.7 Å². The molecule has 3 rings (SSSR count). The highest BCUT2D eigenvalue weighted by Gasteiger charge is 2.53. The Kier molecular flexibility index (Phi) is 2.10. The van der Waals surface area contributed by atoms with Crippen molar-refractivity contribution in [2.24, 2.45) is 11.3 Å². The molecule has 2 saturated carbocycles. The summed E-state index contributed by atoms with van der Waals surface area (Å²) >= 11 is 0. The van der Waals surface area contributed by atoms with E-state index in [0.717, 1.165) is 17.4 Å². The summed E-state index contributed by atoms with van der Waals surface area (Å²) in [7, 11) is 2.23. The Morgan fingerprint density at radius 1 is 1.29 bits per heavy atom. The summed E-state index contributed by atoms with van der Waals surface area (Å²) < 4.78 is 0. The van der Waals surface area contributed by atoms with Gasteiger partial charge in [0, 0.05) is 19.1 Å². The minimum Gasteiger partial charge on any atom is -0.312 e. The summed E-state index contributed by atoms with van der Waals surface area (Å²) in [5.74, 6) is 1.11. The third-order valence-electron chi connectivity index (χ3n) is 4.47. The minimum atomic E-state index is 0.779. The molecule has 1 unspecified atom stereocenters. The number of hydrogen-bond donors (Lipinski definition) is 1. The molecule has 0 spiro atoms. The fourth-order valence-corrected chi connectivity index (χ4v) is 3.03. The third-order valence-corrected chi connectivity index (χ3v) is 4.47. The maximum atomic E-state index is 3.79. The van der Waals surface area contributed by atoms with Crippen LogP contribution in [0.3, 0.4) is 0 Å². The van der Waals surface area contributed by atoms with Gasteiger partial charge in [0.05, 0.1) is 0 Å². The molecular formula is C12H22N2. The second kappa shape index (κ2) is 3.21. The van der Waals surface area contributed by atoms with Gasteiger partial charge < -0.3 is 10.2 Å². The van der Waals surface area contributed by atoms with Crippen LogP contribution in [0.15, 0.2) is 0 Å². The lowest BCUT2D eigenvalue weighted by Crippen LogP contribution is -2.36. The summed E-state index contributed by atoms with van der Waals surface area (Å²) in [4.78, 5) is 2.44. The first-order valence-electron chi connectivity index (χ1n) is 6.20. The first kappa shape index (κ1) is 9.17. The van der Waals surface area contributed by atoms with Crippen molar-refractivity contribution in [3.63, 3.8) is 0 Å². The van der Waals surface area contributed by atoms with Gasteiger partial charge in [-0.1, -0.05) is 0 Å². The SMILES string of the molecule is CN1CCC(NCC2(C3CC3)CC2)C1. The van der Waals surface area contributed by atoms with E-state index in [2.05, 4.69) is 17.3 Å². The first-order valence-corrected chi connectivity index (χ1v) is 6.20. The highest BCUT2D eigenvalue weighted by Crippen LogP contribution is 2.60. The molecule has 0 radical (unpaired) electrons. The van der Waals surface area contributed by atoms with Gasteiger partial charge in [0.25, 0.3) is 0 Å². The average molecular weight is 194 g/mol. The Bertz CT molecular complexity index is 218. The second-order valence-electron chi connectivity index (χ2n) is 5.77. The van der Waals surface area contributed by atoms with Crippen LogP contribution >= 0.6 is 0 Å². The molecule has 3 fully saturated rings. The fourth-order valence-electron chi connectivity index (χ4n) is 3.03. The number of nitrogens with zero attached hydrogens (tertiary/aromatic N) is 1. The van der Waals surface area contributed by atoms with Crippen molar-refractivity contribution in [3.8, 4) is 0 Å². The van der Waals surface area contributed by atoms with E-state index < -0.39 is 0 Å². The lowest BCUT2D eigenvalue weighted by atomic mass is 10.0. The highest BCUT2D eigenvalue weighted by molar-refractivity contribution is 5.05. The van der Waals surface area contributed by atoms with Gasteiger partial charge in [-0.25, -0.2) is 0 Å². The quantitative estimate of drug-likeness (QED) is 0.729. The monoisotopic (exact) mass is 194 g/mol. The molecule has 0 aromatic rings. The molecule has 0 aromatic heterocycles. The first-order chi connectivity index (χ1) is 6.78. The van der Waals surface area contributed by atoms with Crippen LogP contribution in [0.4, 0.5) is 0 Å². The van der Waals surface area contributed by atoms with Crippen molar-refractivity contribution < 1.29 is 0 Å². The van der Waals surface area contributed by atoms with Gasteiger partial charge in [0.2, 0.25) is 0 Å². The van der Waals surface area contributed by atoms with Crippen LogP contribution in [0.1, 0.15) is 32.1 Å². The van der Waals surface area contributed by atoms with Crippen LogP contribution in [-0.4, -0.2) is 37.6 Å². The number of nitrogens with one attached hydrogen (secondary N) is 1. The summed E-state index contributed by atoms with van der Waals surface area (Å²) in [5, 5.41) is 3.79. The molecule has 3 aliphatic rings. The number of hydrogen-bond acceptors (Lipinski definition) is 2. The van der Waals surface area contributed by atoms with Gasteiger partial charge in [0.1, 0.15) is 0 Å². The third kappa shape index (κ3) is 1.70. The Balaban J connectivity index is 1.45. The van der Waals surface area contributed by atoms with Gasteiger partial charge in [-0.05, 0) is 57.0 Å². The van der Waals surface area contributed by atoms with Crippen LogP contribution in [0, 0.1) is 11.3 Å². The van der Waals surface area contributed by atoms with Gasteiger partial charge in [-0.3, -0.25) is 0 Å². The zero-order valence-electron chi connectivity index (χ0n) is 9.26. The van der Waals surface area contributed by atoms with Gasteiger partial charge in [0.15, 0.2) is 0 Å². The van der Waals surface area contributed by atoms with E-state index in [-0.39, 0.29) is 0 Å². The molecular weight excluding hydrogens is 172 g/mol. The van der Waals surface area contributed by atoms with Gasteiger partial charge in [-0.2, -0.15) is 0 Å². The molecule has 2 aliphatic carbocycles. The molecule has 1 N–H and O–H groups in total. The Hall–Kier alpha value is -0.0800. The molecule has 0 amide bonds. The maximum Gasteiger partial charge on any atom is 0.0207 e. The van der Waals surface area contributed by atoms with Crippen LogP contribution in [0.5, 0.6) is 0 Å². The zero-order valence-corrected chi connectivity index (χ0v) is 9.26. The molecule has 0 aromatic carbocycles. The Labute approximate surface area is 87.0 Å². The van der Waals surface area contributed by atoms with E-state index in [1.807, 2.05) is 0 Å². The number of likely N-dealkylation sites (tertiary alicyclic amines) is 1. The summed E-state index contributed by atoms with van der Waals surface area (Å²) in [5.41, 5.74) is 0.779. The minimum absolute atomic E-state index is 0.779. The number of rotatable bonds is 4. The van der Waals surface area contributed by atoms with E-state index >= 15 is 0 Å². The standard InChI is InChI=1S/C12H22N2/c1-14-7-4-11(8-14)13-9-12(5-6-12)10-2-3-10/h10-11,13H,2-9H2,1H3. The van der Waals surface area contributed by atoms with Crippen LogP contribution < -0.4 is 5.32 Å². The Morgan fingerprint density at radius 3 is 2.57 bits per heavy atom. The Morgan fingerprint density at radius 2 is 2.07 bits per heavy atom.